The molecule has 1 heterocycles. The quantitative estimate of drug-likeness (QED) is 0.746. The number of carbonyl (C=O) groups excluding carboxylic acids is 1. The lowest BCUT2D eigenvalue weighted by atomic mass is 10.1. The van der Waals surface area contributed by atoms with E-state index in [1.165, 1.54) is 11.0 Å². The highest BCUT2D eigenvalue weighted by atomic mass is 16.6. The molecule has 0 aromatic rings. The largest absolute Gasteiger partial charge is 0.444 e. The number of aliphatic hydroxyl groups is 1. The SMILES string of the molecule is CC(C)(C)OC(=O)N1CC[C@H](O)[C@H]1/C=C/N=O. The van der Waals surface area contributed by atoms with E-state index in [1.807, 2.05) is 0 Å². The van der Waals surface area contributed by atoms with Gasteiger partial charge in [-0.25, -0.2) is 4.79 Å². The maximum atomic E-state index is 11.8. The minimum Gasteiger partial charge on any atom is -0.444 e. The minimum absolute atomic E-state index is 0.407. The predicted molar refractivity (Wildman–Crippen MR) is 62.3 cm³/mol. The van der Waals surface area contributed by atoms with E-state index in [0.29, 0.717) is 13.0 Å². The first-order valence-corrected chi connectivity index (χ1v) is 5.52. The smallest absolute Gasteiger partial charge is 0.410 e. The van der Waals surface area contributed by atoms with E-state index in [2.05, 4.69) is 5.18 Å². The molecule has 0 bridgehead atoms. The second-order valence-electron chi connectivity index (χ2n) is 4.97. The standard InChI is InChI=1S/C11H18N2O4/c1-11(2,3)17-10(15)13-7-5-9(14)8(13)4-6-12-16/h4,6,8-9,14H,5,7H2,1-3H3/b6-4+/t8-,9+/m1/s1. The molecule has 96 valence electrons. The van der Waals surface area contributed by atoms with Crippen LogP contribution in [0.15, 0.2) is 17.5 Å². The van der Waals surface area contributed by atoms with E-state index in [4.69, 9.17) is 4.74 Å². The fourth-order valence-corrected chi connectivity index (χ4v) is 1.69. The summed E-state index contributed by atoms with van der Waals surface area (Å²) in [6.45, 7) is 5.73. The van der Waals surface area contributed by atoms with Gasteiger partial charge in [0.05, 0.1) is 18.3 Å². The Kier molecular flexibility index (Phi) is 4.22. The maximum absolute atomic E-state index is 11.8. The molecule has 0 unspecified atom stereocenters. The van der Waals surface area contributed by atoms with Crippen LogP contribution in [0.2, 0.25) is 0 Å². The van der Waals surface area contributed by atoms with Gasteiger partial charge in [-0.15, -0.1) is 4.91 Å². The molecule has 1 aliphatic rings. The normalized spacial score (nSPS) is 25.3. The van der Waals surface area contributed by atoms with Gasteiger partial charge in [-0.3, -0.25) is 4.90 Å². The Labute approximate surface area is 100 Å². The molecule has 6 heteroatoms. The molecule has 0 spiro atoms. The van der Waals surface area contributed by atoms with Gasteiger partial charge in [0.15, 0.2) is 0 Å². The van der Waals surface area contributed by atoms with E-state index < -0.39 is 23.8 Å². The summed E-state index contributed by atoms with van der Waals surface area (Å²) in [5, 5.41) is 12.3. The van der Waals surface area contributed by atoms with Gasteiger partial charge in [0.1, 0.15) is 5.60 Å². The summed E-state index contributed by atoms with van der Waals surface area (Å²) >= 11 is 0. The molecule has 1 N–H and O–H groups in total. The summed E-state index contributed by atoms with van der Waals surface area (Å²) in [4.78, 5) is 23.3. The van der Waals surface area contributed by atoms with Crippen LogP contribution in [0.4, 0.5) is 4.79 Å². The Morgan fingerprint density at radius 3 is 2.71 bits per heavy atom. The summed E-state index contributed by atoms with van der Waals surface area (Å²) in [5.41, 5.74) is -0.582. The van der Waals surface area contributed by atoms with Gasteiger partial charge in [-0.1, -0.05) is 0 Å². The minimum atomic E-state index is -0.680. The lowest BCUT2D eigenvalue weighted by Gasteiger charge is -2.27. The van der Waals surface area contributed by atoms with Crippen LogP contribution in [-0.2, 0) is 4.74 Å². The Morgan fingerprint density at radius 2 is 2.18 bits per heavy atom. The van der Waals surface area contributed by atoms with Crippen molar-refractivity contribution in [3.8, 4) is 0 Å². The van der Waals surface area contributed by atoms with Crippen molar-refractivity contribution in [2.24, 2.45) is 5.18 Å². The van der Waals surface area contributed by atoms with Crippen LogP contribution in [0, 0.1) is 4.91 Å². The van der Waals surface area contributed by atoms with Crippen LogP contribution >= 0.6 is 0 Å². The third-order valence-electron chi connectivity index (χ3n) is 2.39. The topological polar surface area (TPSA) is 79.2 Å². The van der Waals surface area contributed by atoms with Gasteiger partial charge in [-0.2, -0.15) is 0 Å². The number of ether oxygens (including phenoxy) is 1. The van der Waals surface area contributed by atoms with Gasteiger partial charge in [-0.05, 0) is 38.4 Å². The van der Waals surface area contributed by atoms with Crippen molar-refractivity contribution in [2.75, 3.05) is 6.54 Å². The molecule has 1 fully saturated rings. The molecule has 1 aliphatic heterocycles. The summed E-state index contributed by atoms with van der Waals surface area (Å²) in [5.74, 6) is 0. The van der Waals surface area contributed by atoms with Gasteiger partial charge in [0.25, 0.3) is 0 Å². The average Bonchev–Trinajstić information content (AvgIpc) is 2.54. The molecule has 0 aromatic carbocycles. The molecule has 6 nitrogen and oxygen atoms in total. The van der Waals surface area contributed by atoms with Crippen LogP contribution in [-0.4, -0.2) is 40.4 Å². The zero-order valence-corrected chi connectivity index (χ0v) is 10.3. The maximum Gasteiger partial charge on any atom is 0.410 e. The van der Waals surface area contributed by atoms with Crippen LogP contribution in [0.3, 0.4) is 0 Å². The van der Waals surface area contributed by atoms with Gasteiger partial charge in [0.2, 0.25) is 0 Å². The number of carbonyl (C=O) groups is 1. The molecule has 0 radical (unpaired) electrons. The molecule has 17 heavy (non-hydrogen) atoms. The van der Waals surface area contributed by atoms with Crippen molar-refractivity contribution >= 4 is 6.09 Å². The first kappa shape index (κ1) is 13.6. The van der Waals surface area contributed by atoms with Gasteiger partial charge in [0, 0.05) is 6.54 Å². The van der Waals surface area contributed by atoms with Crippen LogP contribution in [0.1, 0.15) is 27.2 Å². The molecule has 1 rings (SSSR count). The molecule has 2 atom stereocenters. The molecule has 0 aromatic heterocycles. The number of hydrogen-bond acceptors (Lipinski definition) is 5. The zero-order chi connectivity index (χ0) is 13.1. The number of nitroso groups, excluding NO2 is 1. The molecule has 0 saturated carbocycles. The van der Waals surface area contributed by atoms with Crippen molar-refractivity contribution in [3.63, 3.8) is 0 Å². The number of rotatable bonds is 2. The van der Waals surface area contributed by atoms with E-state index in [0.717, 1.165) is 6.20 Å². The molecular weight excluding hydrogens is 224 g/mol. The highest BCUT2D eigenvalue weighted by Crippen LogP contribution is 2.22. The highest BCUT2D eigenvalue weighted by molar-refractivity contribution is 5.69. The molecule has 1 saturated heterocycles. The average molecular weight is 242 g/mol. The first-order valence-electron chi connectivity index (χ1n) is 5.52. The third-order valence-corrected chi connectivity index (χ3v) is 2.39. The van der Waals surface area contributed by atoms with Gasteiger partial charge < -0.3 is 9.84 Å². The summed E-state index contributed by atoms with van der Waals surface area (Å²) < 4.78 is 5.21. The van der Waals surface area contributed by atoms with Crippen LogP contribution < -0.4 is 0 Å². The van der Waals surface area contributed by atoms with Gasteiger partial charge >= 0.3 is 6.09 Å². The monoisotopic (exact) mass is 242 g/mol. The number of hydrogen-bond donors (Lipinski definition) is 1. The van der Waals surface area contributed by atoms with E-state index in [1.54, 1.807) is 20.8 Å². The molecular formula is C11H18N2O4. The fraction of sp³-hybridized carbons (Fsp3) is 0.727. The van der Waals surface area contributed by atoms with Crippen molar-refractivity contribution in [2.45, 2.75) is 44.9 Å². The number of nitrogens with zero attached hydrogens (tertiary/aromatic N) is 2. The highest BCUT2D eigenvalue weighted by Gasteiger charge is 2.36. The van der Waals surface area contributed by atoms with Crippen molar-refractivity contribution in [1.29, 1.82) is 0 Å². The summed E-state index contributed by atoms with van der Waals surface area (Å²) in [6, 6.07) is -0.539. The van der Waals surface area contributed by atoms with E-state index in [9.17, 15) is 14.8 Å². The van der Waals surface area contributed by atoms with E-state index in [-0.39, 0.29) is 0 Å². The van der Waals surface area contributed by atoms with Crippen LogP contribution in [0.25, 0.3) is 0 Å². The number of aliphatic hydroxyl groups excluding tert-OH is 1. The van der Waals surface area contributed by atoms with Crippen LogP contribution in [0.5, 0.6) is 0 Å². The summed E-state index contributed by atoms with van der Waals surface area (Å²) in [7, 11) is 0. The third kappa shape index (κ3) is 3.81. The number of amides is 1. The lowest BCUT2D eigenvalue weighted by Crippen LogP contribution is -2.41. The Balaban J connectivity index is 2.72. The van der Waals surface area contributed by atoms with Crippen molar-refractivity contribution < 1.29 is 14.6 Å². The molecule has 0 aliphatic carbocycles. The second kappa shape index (κ2) is 5.27. The first-order chi connectivity index (χ1) is 7.85. The number of likely N-dealkylation sites (tertiary alicyclic amines) is 1. The van der Waals surface area contributed by atoms with Crippen molar-refractivity contribution in [3.05, 3.63) is 17.2 Å². The summed E-state index contributed by atoms with van der Waals surface area (Å²) in [6.07, 6.45) is 1.74. The lowest BCUT2D eigenvalue weighted by molar-refractivity contribution is 0.0207. The Hall–Kier alpha value is -1.43. The van der Waals surface area contributed by atoms with Crippen molar-refractivity contribution in [1.82, 2.24) is 4.90 Å². The Bertz CT molecular complexity index is 322. The molecule has 1 amide bonds. The predicted octanol–water partition coefficient (Wildman–Crippen LogP) is 1.64. The Morgan fingerprint density at radius 1 is 1.53 bits per heavy atom. The zero-order valence-electron chi connectivity index (χ0n) is 10.3. The van der Waals surface area contributed by atoms with E-state index >= 15 is 0 Å². The second-order valence-corrected chi connectivity index (χ2v) is 4.97. The fourth-order valence-electron chi connectivity index (χ4n) is 1.69.